The second kappa shape index (κ2) is 9.00. The van der Waals surface area contributed by atoms with Crippen molar-refractivity contribution in [2.75, 3.05) is 13.1 Å². The summed E-state index contributed by atoms with van der Waals surface area (Å²) in [6.07, 6.45) is 9.89. The zero-order chi connectivity index (χ0) is 20.5. The highest BCUT2D eigenvalue weighted by molar-refractivity contribution is 5.75. The first-order valence-electron chi connectivity index (χ1n) is 12.3. The molecule has 164 valence electrons. The monoisotopic (exact) mass is 411 g/mol. The van der Waals surface area contributed by atoms with Crippen molar-refractivity contribution in [1.29, 1.82) is 0 Å². The van der Waals surface area contributed by atoms with Crippen LogP contribution in [0.1, 0.15) is 57.4 Å². The minimum atomic E-state index is 0.0188. The Morgan fingerprint density at radius 1 is 1.10 bits per heavy atom. The van der Waals surface area contributed by atoms with Crippen molar-refractivity contribution < 1.29 is 14.3 Å². The molecule has 7 atom stereocenters. The number of ether oxygens (including phenoxy) is 2. The van der Waals surface area contributed by atoms with Gasteiger partial charge in [-0.3, -0.25) is 4.79 Å². The van der Waals surface area contributed by atoms with Gasteiger partial charge in [0.1, 0.15) is 6.10 Å². The molecule has 5 rings (SSSR count). The zero-order valence-electron chi connectivity index (χ0n) is 18.3. The molecule has 0 amide bonds. The first kappa shape index (κ1) is 20.5. The summed E-state index contributed by atoms with van der Waals surface area (Å²) in [5, 5.41) is 3.47. The van der Waals surface area contributed by atoms with Crippen LogP contribution in [0.3, 0.4) is 0 Å². The van der Waals surface area contributed by atoms with Gasteiger partial charge < -0.3 is 14.8 Å². The second-order valence-corrected chi connectivity index (χ2v) is 10.2. The van der Waals surface area contributed by atoms with Crippen molar-refractivity contribution in [1.82, 2.24) is 5.32 Å². The largest absolute Gasteiger partial charge is 0.462 e. The van der Waals surface area contributed by atoms with Gasteiger partial charge in [0.15, 0.2) is 0 Å². The molecule has 0 spiro atoms. The molecule has 4 aliphatic rings. The lowest BCUT2D eigenvalue weighted by Gasteiger charge is -2.50. The SMILES string of the molecule is C[C@@H]1OC(=O)[C@H]2C[C@H]3CCCC[C@@H]3[C@@H](C(Cc3ccccc3)OC3CCNCC3)[C@@H]12. The fourth-order valence-electron chi connectivity index (χ4n) is 7.14. The number of fused-ring (bicyclic) bond motifs is 2. The van der Waals surface area contributed by atoms with E-state index in [2.05, 4.69) is 42.6 Å². The van der Waals surface area contributed by atoms with Crippen molar-refractivity contribution in [3.8, 4) is 0 Å². The van der Waals surface area contributed by atoms with E-state index in [-0.39, 0.29) is 24.1 Å². The van der Waals surface area contributed by atoms with Gasteiger partial charge in [-0.05, 0) is 75.4 Å². The van der Waals surface area contributed by atoms with E-state index in [9.17, 15) is 4.79 Å². The van der Waals surface area contributed by atoms with Gasteiger partial charge in [-0.1, -0.05) is 49.6 Å². The van der Waals surface area contributed by atoms with Crippen molar-refractivity contribution in [2.45, 2.75) is 76.6 Å². The summed E-state index contributed by atoms with van der Waals surface area (Å²) in [5.74, 6) is 2.21. The summed E-state index contributed by atoms with van der Waals surface area (Å²) in [6, 6.07) is 10.8. The average Bonchev–Trinajstić information content (AvgIpc) is 3.06. The van der Waals surface area contributed by atoms with E-state index in [1.807, 2.05) is 0 Å². The Kier molecular flexibility index (Phi) is 6.15. The summed E-state index contributed by atoms with van der Waals surface area (Å²) in [7, 11) is 0. The third-order valence-corrected chi connectivity index (χ3v) is 8.44. The molecule has 4 fully saturated rings. The Hall–Kier alpha value is -1.39. The molecular formula is C26H37NO3. The maximum absolute atomic E-state index is 12.7. The smallest absolute Gasteiger partial charge is 0.309 e. The fraction of sp³-hybridized carbons (Fsp3) is 0.731. The van der Waals surface area contributed by atoms with Gasteiger partial charge in [-0.2, -0.15) is 0 Å². The first-order chi connectivity index (χ1) is 14.7. The molecule has 1 aromatic rings. The molecule has 30 heavy (non-hydrogen) atoms. The standard InChI is InChI=1S/C26H37NO3/c1-17-24-22(26(28)29-17)16-19-9-5-6-10-21(19)25(24)23(15-18-7-3-2-4-8-18)30-20-11-13-27-14-12-20/h2-4,7-8,17,19-25,27H,5-6,9-16H2,1H3/t17-,19+,21-,22-,23?,24-,25-/m0/s1. The Morgan fingerprint density at radius 2 is 1.87 bits per heavy atom. The topological polar surface area (TPSA) is 47.6 Å². The lowest BCUT2D eigenvalue weighted by molar-refractivity contribution is -0.145. The van der Waals surface area contributed by atoms with Crippen LogP contribution in [0, 0.1) is 29.6 Å². The van der Waals surface area contributed by atoms with Crippen LogP contribution in [0.2, 0.25) is 0 Å². The minimum Gasteiger partial charge on any atom is -0.462 e. The molecule has 2 saturated carbocycles. The predicted molar refractivity (Wildman–Crippen MR) is 117 cm³/mol. The van der Waals surface area contributed by atoms with Crippen LogP contribution < -0.4 is 5.32 Å². The normalized spacial score (nSPS) is 37.8. The lowest BCUT2D eigenvalue weighted by Crippen LogP contribution is -2.51. The predicted octanol–water partition coefficient (Wildman–Crippen LogP) is 4.37. The maximum Gasteiger partial charge on any atom is 0.309 e. The molecule has 2 heterocycles. The zero-order valence-corrected chi connectivity index (χ0v) is 18.3. The van der Waals surface area contributed by atoms with E-state index >= 15 is 0 Å². The van der Waals surface area contributed by atoms with Crippen LogP contribution in [0.5, 0.6) is 0 Å². The average molecular weight is 412 g/mol. The molecule has 2 saturated heterocycles. The third kappa shape index (κ3) is 4.05. The highest BCUT2D eigenvalue weighted by Crippen LogP contribution is 2.55. The van der Waals surface area contributed by atoms with Gasteiger partial charge in [-0.15, -0.1) is 0 Å². The minimum absolute atomic E-state index is 0.0188. The molecule has 2 aliphatic carbocycles. The molecule has 1 N–H and O–H groups in total. The summed E-state index contributed by atoms with van der Waals surface area (Å²) in [4.78, 5) is 12.7. The number of hydrogen-bond donors (Lipinski definition) is 1. The molecule has 1 unspecified atom stereocenters. The molecule has 0 bridgehead atoms. The Morgan fingerprint density at radius 3 is 2.67 bits per heavy atom. The van der Waals surface area contributed by atoms with Crippen molar-refractivity contribution >= 4 is 5.97 Å². The number of carbonyl (C=O) groups is 1. The third-order valence-electron chi connectivity index (χ3n) is 8.44. The van der Waals surface area contributed by atoms with E-state index in [4.69, 9.17) is 9.47 Å². The van der Waals surface area contributed by atoms with E-state index in [0.29, 0.717) is 29.8 Å². The lowest BCUT2D eigenvalue weighted by atomic mass is 9.55. The summed E-state index contributed by atoms with van der Waals surface area (Å²) in [5.41, 5.74) is 1.35. The molecule has 4 heteroatoms. The van der Waals surface area contributed by atoms with Gasteiger partial charge in [-0.25, -0.2) is 0 Å². The first-order valence-corrected chi connectivity index (χ1v) is 12.3. The number of carbonyl (C=O) groups excluding carboxylic acids is 1. The van der Waals surface area contributed by atoms with Crippen molar-refractivity contribution in [3.05, 3.63) is 35.9 Å². The van der Waals surface area contributed by atoms with E-state index < -0.39 is 0 Å². The van der Waals surface area contributed by atoms with E-state index in [1.165, 1.54) is 31.2 Å². The van der Waals surface area contributed by atoms with Gasteiger partial charge in [0.2, 0.25) is 0 Å². The summed E-state index contributed by atoms with van der Waals surface area (Å²) in [6.45, 7) is 4.22. The highest BCUT2D eigenvalue weighted by Gasteiger charge is 2.56. The number of esters is 1. The number of cyclic esters (lactones) is 1. The van der Waals surface area contributed by atoms with Crippen molar-refractivity contribution in [2.24, 2.45) is 29.6 Å². The molecule has 1 aromatic carbocycles. The molecular weight excluding hydrogens is 374 g/mol. The van der Waals surface area contributed by atoms with Crippen LogP contribution in [0.25, 0.3) is 0 Å². The van der Waals surface area contributed by atoms with Crippen LogP contribution >= 0.6 is 0 Å². The Labute approximate surface area is 181 Å². The number of nitrogens with one attached hydrogen (secondary N) is 1. The Bertz CT molecular complexity index is 716. The maximum atomic E-state index is 12.7. The molecule has 2 aliphatic heterocycles. The second-order valence-electron chi connectivity index (χ2n) is 10.2. The van der Waals surface area contributed by atoms with Gasteiger partial charge >= 0.3 is 5.97 Å². The number of benzene rings is 1. The number of piperidine rings is 1. The number of hydrogen-bond acceptors (Lipinski definition) is 4. The van der Waals surface area contributed by atoms with Gasteiger partial charge in [0, 0.05) is 5.92 Å². The molecule has 0 radical (unpaired) electrons. The number of rotatable bonds is 5. The van der Waals surface area contributed by atoms with Crippen molar-refractivity contribution in [3.63, 3.8) is 0 Å². The Balaban J connectivity index is 1.47. The van der Waals surface area contributed by atoms with Gasteiger partial charge in [0.25, 0.3) is 0 Å². The van der Waals surface area contributed by atoms with Crippen LogP contribution in [-0.4, -0.2) is 37.4 Å². The molecule has 0 aromatic heterocycles. The fourth-order valence-corrected chi connectivity index (χ4v) is 7.14. The van der Waals surface area contributed by atoms with Crippen LogP contribution in [0.15, 0.2) is 30.3 Å². The molecule has 4 nitrogen and oxygen atoms in total. The van der Waals surface area contributed by atoms with E-state index in [0.717, 1.165) is 38.8 Å². The highest BCUT2D eigenvalue weighted by atomic mass is 16.6. The van der Waals surface area contributed by atoms with E-state index in [1.54, 1.807) is 0 Å². The summed E-state index contributed by atoms with van der Waals surface area (Å²) >= 11 is 0. The quantitative estimate of drug-likeness (QED) is 0.731. The summed E-state index contributed by atoms with van der Waals surface area (Å²) < 4.78 is 12.8. The van der Waals surface area contributed by atoms with Gasteiger partial charge in [0.05, 0.1) is 18.1 Å². The van der Waals surface area contributed by atoms with Crippen LogP contribution in [-0.2, 0) is 20.7 Å². The van der Waals surface area contributed by atoms with Crippen LogP contribution in [0.4, 0.5) is 0 Å².